The Balaban J connectivity index is 1.92. The second kappa shape index (κ2) is 4.55. The Morgan fingerprint density at radius 1 is 1.35 bits per heavy atom. The van der Waals surface area contributed by atoms with Gasteiger partial charge in [-0.05, 0) is 31.9 Å². The Kier molecular flexibility index (Phi) is 3.19. The molecule has 3 aliphatic rings. The molecule has 7 atom stereocenters. The smallest absolute Gasteiger partial charge is 0.309 e. The van der Waals surface area contributed by atoms with Crippen LogP contribution in [0.4, 0.5) is 0 Å². The first-order valence-corrected chi connectivity index (χ1v) is 7.25. The molecule has 2 N–H and O–H groups in total. The van der Waals surface area contributed by atoms with Gasteiger partial charge in [-0.25, -0.2) is 0 Å². The van der Waals surface area contributed by atoms with Crippen molar-refractivity contribution < 1.29 is 24.5 Å². The quantitative estimate of drug-likeness (QED) is 0.390. The molecule has 0 aromatic heterocycles. The molecule has 0 saturated carbocycles. The van der Waals surface area contributed by atoms with Crippen molar-refractivity contribution in [1.29, 1.82) is 0 Å². The maximum atomic E-state index is 11.8. The van der Waals surface area contributed by atoms with Crippen LogP contribution < -0.4 is 0 Å². The van der Waals surface area contributed by atoms with Gasteiger partial charge in [-0.15, -0.1) is 0 Å². The van der Waals surface area contributed by atoms with E-state index in [0.717, 1.165) is 5.57 Å². The highest BCUT2D eigenvalue weighted by atomic mass is 16.6. The molecule has 2 fully saturated rings. The van der Waals surface area contributed by atoms with Crippen molar-refractivity contribution in [3.8, 4) is 0 Å². The van der Waals surface area contributed by atoms with Gasteiger partial charge >= 0.3 is 5.97 Å². The molecule has 3 rings (SSSR count). The van der Waals surface area contributed by atoms with Crippen molar-refractivity contribution in [1.82, 2.24) is 0 Å². The van der Waals surface area contributed by atoms with Gasteiger partial charge in [-0.2, -0.15) is 0 Å². The average molecular weight is 282 g/mol. The standard InChI is InChI=1S/C15H22O5/c1-7-4-11-9(8(2)14(18)19-11)5-13-15(3,20-13)12(17)6-10(7)16/h4,8-13,16-17H,5-6H2,1-3H3/b7-4-/t8-,9-,10+,11+,12-,13-,15+/m0/s1. The highest BCUT2D eigenvalue weighted by molar-refractivity contribution is 5.75. The van der Waals surface area contributed by atoms with Crippen LogP contribution in [0.3, 0.4) is 0 Å². The number of carbonyl (C=O) groups is 1. The highest BCUT2D eigenvalue weighted by Gasteiger charge is 2.60. The fourth-order valence-electron chi connectivity index (χ4n) is 3.38. The third-order valence-corrected chi connectivity index (χ3v) is 5.21. The molecule has 0 bridgehead atoms. The Hall–Kier alpha value is -0.910. The molecular weight excluding hydrogens is 260 g/mol. The molecule has 0 aromatic rings. The van der Waals surface area contributed by atoms with Crippen molar-refractivity contribution >= 4 is 5.97 Å². The molecule has 2 heterocycles. The van der Waals surface area contributed by atoms with Crippen LogP contribution in [0.1, 0.15) is 33.6 Å². The summed E-state index contributed by atoms with van der Waals surface area (Å²) in [5.74, 6) is -0.325. The predicted molar refractivity (Wildman–Crippen MR) is 70.8 cm³/mol. The first-order chi connectivity index (χ1) is 9.33. The van der Waals surface area contributed by atoms with Crippen LogP contribution in [0.2, 0.25) is 0 Å². The zero-order chi connectivity index (χ0) is 14.7. The lowest BCUT2D eigenvalue weighted by Gasteiger charge is -2.24. The van der Waals surface area contributed by atoms with Gasteiger partial charge in [0.1, 0.15) is 11.7 Å². The molecule has 20 heavy (non-hydrogen) atoms. The van der Waals surface area contributed by atoms with Gasteiger partial charge in [0.25, 0.3) is 0 Å². The second-order valence-corrected chi connectivity index (χ2v) is 6.56. The SMILES string of the molecule is C/C1=C/[C@H]2OC(=O)[C@@H](C)[C@@H]2C[C@@H]2O[C@]2(C)[C@@H](O)C[C@H]1O. The summed E-state index contributed by atoms with van der Waals surface area (Å²) in [5, 5.41) is 20.4. The molecule has 0 amide bonds. The highest BCUT2D eigenvalue weighted by Crippen LogP contribution is 2.48. The summed E-state index contributed by atoms with van der Waals surface area (Å²) >= 11 is 0. The topological polar surface area (TPSA) is 79.3 Å². The van der Waals surface area contributed by atoms with Crippen molar-refractivity contribution in [2.75, 3.05) is 0 Å². The maximum absolute atomic E-state index is 11.8. The van der Waals surface area contributed by atoms with Crippen LogP contribution in [-0.2, 0) is 14.3 Å². The molecule has 1 aliphatic carbocycles. The third-order valence-electron chi connectivity index (χ3n) is 5.21. The number of hydrogen-bond acceptors (Lipinski definition) is 5. The van der Waals surface area contributed by atoms with Gasteiger partial charge in [0.15, 0.2) is 0 Å². The van der Waals surface area contributed by atoms with Gasteiger partial charge in [-0.3, -0.25) is 4.79 Å². The van der Waals surface area contributed by atoms with Gasteiger partial charge in [0.2, 0.25) is 0 Å². The van der Waals surface area contributed by atoms with Crippen molar-refractivity contribution in [2.24, 2.45) is 11.8 Å². The molecule has 0 radical (unpaired) electrons. The van der Waals surface area contributed by atoms with E-state index in [1.807, 2.05) is 19.9 Å². The first kappa shape index (κ1) is 14.0. The van der Waals surface area contributed by atoms with E-state index < -0.39 is 17.8 Å². The van der Waals surface area contributed by atoms with E-state index in [0.29, 0.717) is 6.42 Å². The number of hydrogen-bond donors (Lipinski definition) is 2. The Labute approximate surface area is 118 Å². The van der Waals surface area contributed by atoms with Crippen LogP contribution in [0.5, 0.6) is 0 Å². The van der Waals surface area contributed by atoms with Crippen LogP contribution in [-0.4, -0.2) is 46.2 Å². The van der Waals surface area contributed by atoms with Crippen LogP contribution in [0.15, 0.2) is 11.6 Å². The van der Waals surface area contributed by atoms with E-state index in [4.69, 9.17) is 9.47 Å². The Bertz CT molecular complexity index is 459. The zero-order valence-electron chi connectivity index (χ0n) is 12.1. The lowest BCUT2D eigenvalue weighted by molar-refractivity contribution is -0.142. The number of epoxide rings is 1. The van der Waals surface area contributed by atoms with E-state index in [-0.39, 0.29) is 36.4 Å². The van der Waals surface area contributed by atoms with E-state index in [9.17, 15) is 15.0 Å². The number of carbonyl (C=O) groups excluding carboxylic acids is 1. The van der Waals surface area contributed by atoms with Crippen molar-refractivity contribution in [3.05, 3.63) is 11.6 Å². The summed E-state index contributed by atoms with van der Waals surface area (Å²) in [6.07, 6.45) is 0.975. The lowest BCUT2D eigenvalue weighted by atomic mass is 9.81. The third kappa shape index (κ3) is 2.08. The van der Waals surface area contributed by atoms with Gasteiger partial charge in [0.05, 0.1) is 24.2 Å². The van der Waals surface area contributed by atoms with E-state index >= 15 is 0 Å². The number of fused-ring (bicyclic) bond motifs is 2. The Morgan fingerprint density at radius 2 is 2.05 bits per heavy atom. The molecule has 5 nitrogen and oxygen atoms in total. The van der Waals surface area contributed by atoms with Crippen LogP contribution in [0.25, 0.3) is 0 Å². The monoisotopic (exact) mass is 282 g/mol. The van der Waals surface area contributed by atoms with E-state index in [2.05, 4.69) is 0 Å². The summed E-state index contributed by atoms with van der Waals surface area (Å²) in [7, 11) is 0. The minimum absolute atomic E-state index is 0.0433. The molecule has 0 spiro atoms. The zero-order valence-corrected chi connectivity index (χ0v) is 12.1. The molecule has 5 heteroatoms. The predicted octanol–water partition coefficient (Wildman–Crippen LogP) is 0.783. The number of rotatable bonds is 0. The van der Waals surface area contributed by atoms with Crippen LogP contribution in [0, 0.1) is 11.8 Å². The minimum atomic E-state index is -0.736. The van der Waals surface area contributed by atoms with E-state index in [1.54, 1.807) is 6.92 Å². The summed E-state index contributed by atoms with van der Waals surface area (Å²) in [4.78, 5) is 11.8. The van der Waals surface area contributed by atoms with Crippen molar-refractivity contribution in [3.63, 3.8) is 0 Å². The number of aliphatic hydroxyl groups excluding tert-OH is 2. The molecule has 0 aromatic carbocycles. The summed E-state index contributed by atoms with van der Waals surface area (Å²) in [6.45, 7) is 5.54. The molecule has 2 saturated heterocycles. The fourth-order valence-corrected chi connectivity index (χ4v) is 3.38. The average Bonchev–Trinajstić information content (AvgIpc) is 2.97. The second-order valence-electron chi connectivity index (χ2n) is 6.56. The summed E-state index contributed by atoms with van der Waals surface area (Å²) < 4.78 is 11.1. The van der Waals surface area contributed by atoms with Gasteiger partial charge in [0, 0.05) is 12.3 Å². The molecule has 0 unspecified atom stereocenters. The first-order valence-electron chi connectivity index (χ1n) is 7.25. The fraction of sp³-hybridized carbons (Fsp3) is 0.800. The van der Waals surface area contributed by atoms with Gasteiger partial charge in [-0.1, -0.05) is 6.92 Å². The summed E-state index contributed by atoms with van der Waals surface area (Å²) in [5.41, 5.74) is 0.137. The number of ether oxygens (including phenoxy) is 2. The van der Waals surface area contributed by atoms with Gasteiger partial charge < -0.3 is 19.7 Å². The van der Waals surface area contributed by atoms with Crippen LogP contribution >= 0.6 is 0 Å². The maximum Gasteiger partial charge on any atom is 0.309 e. The largest absolute Gasteiger partial charge is 0.458 e. The molecular formula is C15H22O5. The van der Waals surface area contributed by atoms with Crippen molar-refractivity contribution in [2.45, 2.75) is 63.6 Å². The minimum Gasteiger partial charge on any atom is -0.458 e. The normalized spacial score (nSPS) is 54.2. The summed E-state index contributed by atoms with van der Waals surface area (Å²) in [6, 6.07) is 0. The van der Waals surface area contributed by atoms with E-state index in [1.165, 1.54) is 0 Å². The molecule has 2 aliphatic heterocycles. The number of aliphatic hydroxyl groups is 2. The Morgan fingerprint density at radius 3 is 2.75 bits per heavy atom. The molecule has 112 valence electrons. The number of esters is 1. The lowest BCUT2D eigenvalue weighted by Crippen LogP contribution is -2.35.